The van der Waals surface area contributed by atoms with Gasteiger partial charge in [-0.25, -0.2) is 0 Å². The molecule has 0 aliphatic heterocycles. The van der Waals surface area contributed by atoms with Crippen molar-refractivity contribution in [1.29, 1.82) is 0 Å². The first kappa shape index (κ1) is 27.6. The van der Waals surface area contributed by atoms with E-state index >= 15 is 0 Å². The Kier molecular flexibility index (Phi) is 6.79. The average Bonchev–Trinajstić information content (AvgIpc) is 2.93. The molecular weight excluding hydrogens is 480 g/mol. The van der Waals surface area contributed by atoms with Crippen LogP contribution in [-0.2, 0) is 38.1 Å². The summed E-state index contributed by atoms with van der Waals surface area (Å²) >= 11 is 0. The van der Waals surface area contributed by atoms with E-state index < -0.39 is 58.6 Å². The fourth-order valence-corrected chi connectivity index (χ4v) is 8.80. The van der Waals surface area contributed by atoms with Crippen LogP contribution in [0.25, 0.3) is 0 Å². The maximum Gasteiger partial charge on any atom is 0.303 e. The van der Waals surface area contributed by atoms with Crippen molar-refractivity contribution < 1.29 is 43.2 Å². The van der Waals surface area contributed by atoms with Crippen molar-refractivity contribution in [3.05, 3.63) is 12.2 Å². The highest BCUT2D eigenvalue weighted by Crippen LogP contribution is 2.74. The predicted molar refractivity (Wildman–Crippen MR) is 131 cm³/mol. The number of rotatable bonds is 5. The van der Waals surface area contributed by atoms with E-state index in [2.05, 4.69) is 13.5 Å². The van der Waals surface area contributed by atoms with Crippen molar-refractivity contribution in [2.45, 2.75) is 104 Å². The minimum atomic E-state index is -1.21. The standard InChI is InChI=1S/C28H40O9/c1-15-24(37-19(5)32)28-13-27(15,33)11-8-20(28)25(6)10-9-22(35-17(3)30)26(7,14-34-16(2)29)21(25)12-23(28)36-18(4)31/h20-24,33H,1,8-14H2,2-7H3/t20-,21-,22+,23-,24-,25-,26+,27-,28+/m0/s1. The second kappa shape index (κ2) is 9.10. The lowest BCUT2D eigenvalue weighted by atomic mass is 9.39. The molecule has 1 N–H and O–H groups in total. The molecule has 4 saturated carbocycles. The molecule has 9 heteroatoms. The summed E-state index contributed by atoms with van der Waals surface area (Å²) in [5.41, 5.74) is -2.71. The molecule has 0 radical (unpaired) electrons. The summed E-state index contributed by atoms with van der Waals surface area (Å²) in [6.45, 7) is 13.8. The Balaban J connectivity index is 1.87. The van der Waals surface area contributed by atoms with E-state index in [9.17, 15) is 24.3 Å². The third-order valence-corrected chi connectivity index (χ3v) is 10.1. The van der Waals surface area contributed by atoms with Gasteiger partial charge in [0.05, 0.1) is 11.0 Å². The fraction of sp³-hybridized carbons (Fsp3) is 0.786. The van der Waals surface area contributed by atoms with Crippen LogP contribution in [0.4, 0.5) is 0 Å². The number of esters is 4. The van der Waals surface area contributed by atoms with Gasteiger partial charge in [0.15, 0.2) is 0 Å². The van der Waals surface area contributed by atoms with E-state index in [1.807, 2.05) is 6.92 Å². The molecule has 0 aromatic heterocycles. The highest BCUT2D eigenvalue weighted by molar-refractivity contribution is 5.68. The van der Waals surface area contributed by atoms with Crippen molar-refractivity contribution in [3.63, 3.8) is 0 Å². The molecule has 206 valence electrons. The van der Waals surface area contributed by atoms with E-state index in [0.29, 0.717) is 37.7 Å². The van der Waals surface area contributed by atoms with Crippen molar-refractivity contribution in [2.75, 3.05) is 6.61 Å². The molecule has 4 aliphatic carbocycles. The van der Waals surface area contributed by atoms with Crippen molar-refractivity contribution in [3.8, 4) is 0 Å². The van der Waals surface area contributed by atoms with Crippen LogP contribution in [-0.4, -0.2) is 59.5 Å². The maximum atomic E-state index is 12.4. The SMILES string of the molecule is C=C1[C@H](OC(C)=O)[C@]23C[C@@]1(O)CC[C@H]2[C@]1(C)CC[C@@H](OC(C)=O)[C@](C)(COC(C)=O)[C@H]1C[C@@H]3OC(C)=O. The largest absolute Gasteiger partial charge is 0.465 e. The first-order valence-corrected chi connectivity index (χ1v) is 13.2. The Morgan fingerprint density at radius 1 is 0.865 bits per heavy atom. The molecule has 1 spiro atoms. The Hall–Kier alpha value is -2.42. The molecule has 0 unspecified atom stereocenters. The van der Waals surface area contributed by atoms with Crippen molar-refractivity contribution >= 4 is 23.9 Å². The van der Waals surface area contributed by atoms with E-state index in [-0.39, 0.29) is 30.3 Å². The van der Waals surface area contributed by atoms with Gasteiger partial charge in [0.1, 0.15) is 24.9 Å². The molecular formula is C28H40O9. The van der Waals surface area contributed by atoms with Gasteiger partial charge in [0.25, 0.3) is 0 Å². The molecule has 9 nitrogen and oxygen atoms in total. The second-order valence-electron chi connectivity index (χ2n) is 12.2. The van der Waals surface area contributed by atoms with Crippen LogP contribution < -0.4 is 0 Å². The molecule has 2 bridgehead atoms. The lowest BCUT2D eigenvalue weighted by Gasteiger charge is -2.67. The summed E-state index contributed by atoms with van der Waals surface area (Å²) in [5.74, 6) is -2.04. The van der Waals surface area contributed by atoms with Gasteiger partial charge in [0, 0.05) is 33.1 Å². The Morgan fingerprint density at radius 3 is 2.03 bits per heavy atom. The molecule has 4 aliphatic rings. The van der Waals surface area contributed by atoms with Gasteiger partial charge in [-0.15, -0.1) is 0 Å². The summed E-state index contributed by atoms with van der Waals surface area (Å²) < 4.78 is 23.2. The quantitative estimate of drug-likeness (QED) is 0.330. The number of ether oxygens (including phenoxy) is 4. The molecule has 4 fully saturated rings. The molecule has 37 heavy (non-hydrogen) atoms. The molecule has 0 aromatic rings. The van der Waals surface area contributed by atoms with Crippen LogP contribution in [0.3, 0.4) is 0 Å². The summed E-state index contributed by atoms with van der Waals surface area (Å²) in [4.78, 5) is 48.6. The van der Waals surface area contributed by atoms with Gasteiger partial charge in [-0.1, -0.05) is 20.4 Å². The van der Waals surface area contributed by atoms with Gasteiger partial charge in [-0.3, -0.25) is 19.2 Å². The fourth-order valence-electron chi connectivity index (χ4n) is 8.80. The van der Waals surface area contributed by atoms with Gasteiger partial charge >= 0.3 is 23.9 Å². The topological polar surface area (TPSA) is 125 Å². The van der Waals surface area contributed by atoms with Gasteiger partial charge in [0.2, 0.25) is 0 Å². The van der Waals surface area contributed by atoms with Crippen LogP contribution in [0.15, 0.2) is 12.2 Å². The summed E-state index contributed by atoms with van der Waals surface area (Å²) in [7, 11) is 0. The predicted octanol–water partition coefficient (Wildman–Crippen LogP) is 3.26. The Morgan fingerprint density at radius 2 is 1.46 bits per heavy atom. The molecule has 9 atom stereocenters. The lowest BCUT2D eigenvalue weighted by molar-refractivity contribution is -0.261. The Bertz CT molecular complexity index is 1020. The number of fused-ring (bicyclic) bond motifs is 3. The second-order valence-corrected chi connectivity index (χ2v) is 12.2. The molecule has 0 aromatic carbocycles. The van der Waals surface area contributed by atoms with Crippen LogP contribution in [0.2, 0.25) is 0 Å². The summed E-state index contributed by atoms with van der Waals surface area (Å²) in [5, 5.41) is 11.6. The first-order valence-electron chi connectivity index (χ1n) is 13.2. The van der Waals surface area contributed by atoms with Gasteiger partial charge in [-0.05, 0) is 61.3 Å². The average molecular weight is 521 g/mol. The van der Waals surface area contributed by atoms with Crippen molar-refractivity contribution in [2.24, 2.45) is 28.1 Å². The number of carbonyl (C=O) groups excluding carboxylic acids is 4. The number of aliphatic hydroxyl groups is 1. The smallest absolute Gasteiger partial charge is 0.303 e. The maximum absolute atomic E-state index is 12.4. The highest BCUT2D eigenvalue weighted by Gasteiger charge is 2.76. The van der Waals surface area contributed by atoms with Crippen LogP contribution in [0.5, 0.6) is 0 Å². The van der Waals surface area contributed by atoms with E-state index in [1.54, 1.807) is 0 Å². The summed E-state index contributed by atoms with van der Waals surface area (Å²) in [6.07, 6.45) is 1.06. The molecule has 4 rings (SSSR count). The minimum Gasteiger partial charge on any atom is -0.465 e. The zero-order valence-electron chi connectivity index (χ0n) is 22.8. The van der Waals surface area contributed by atoms with Crippen LogP contribution in [0.1, 0.15) is 80.1 Å². The van der Waals surface area contributed by atoms with Crippen LogP contribution in [0, 0.1) is 28.1 Å². The zero-order chi connectivity index (χ0) is 27.6. The molecule has 0 saturated heterocycles. The Labute approximate surface area is 218 Å². The van der Waals surface area contributed by atoms with Crippen molar-refractivity contribution in [1.82, 2.24) is 0 Å². The molecule has 0 amide bonds. The third kappa shape index (κ3) is 4.17. The normalized spacial score (nSPS) is 44.2. The van der Waals surface area contributed by atoms with E-state index in [0.717, 1.165) is 0 Å². The summed E-state index contributed by atoms with van der Waals surface area (Å²) in [6, 6.07) is 0. The van der Waals surface area contributed by atoms with E-state index in [1.165, 1.54) is 27.7 Å². The number of carbonyl (C=O) groups is 4. The number of hydrogen-bond acceptors (Lipinski definition) is 9. The van der Waals surface area contributed by atoms with Crippen LogP contribution >= 0.6 is 0 Å². The first-order chi connectivity index (χ1) is 17.1. The highest BCUT2D eigenvalue weighted by atomic mass is 16.6. The zero-order valence-corrected chi connectivity index (χ0v) is 22.8. The molecule has 0 heterocycles. The lowest BCUT2D eigenvalue weighted by Crippen LogP contribution is -2.68. The van der Waals surface area contributed by atoms with Gasteiger partial charge in [-0.2, -0.15) is 0 Å². The third-order valence-electron chi connectivity index (χ3n) is 10.1. The monoisotopic (exact) mass is 520 g/mol. The minimum absolute atomic E-state index is 0.0526. The number of hydrogen-bond donors (Lipinski definition) is 1. The van der Waals surface area contributed by atoms with Gasteiger partial charge < -0.3 is 24.1 Å². The van der Waals surface area contributed by atoms with E-state index in [4.69, 9.17) is 18.9 Å².